The molecule has 1 amide bonds. The predicted octanol–water partition coefficient (Wildman–Crippen LogP) is 3.98. The van der Waals surface area contributed by atoms with E-state index in [1.165, 1.54) is 17.7 Å². The Morgan fingerprint density at radius 3 is 2.63 bits per heavy atom. The molecule has 0 unspecified atom stereocenters. The first kappa shape index (κ1) is 20.0. The van der Waals surface area contributed by atoms with Gasteiger partial charge in [0.2, 0.25) is 5.91 Å². The molecule has 1 atom stereocenters. The van der Waals surface area contributed by atoms with Gasteiger partial charge in [-0.05, 0) is 48.7 Å². The molecule has 6 heteroatoms. The molecule has 1 aliphatic heterocycles. The van der Waals surface area contributed by atoms with Gasteiger partial charge < -0.3 is 5.32 Å². The molecular weight excluding hydrogens is 379 g/mol. The van der Waals surface area contributed by atoms with Crippen LogP contribution in [0.3, 0.4) is 0 Å². The third-order valence-corrected chi connectivity index (χ3v) is 5.38. The van der Waals surface area contributed by atoms with Crippen molar-refractivity contribution in [1.82, 2.24) is 20.0 Å². The lowest BCUT2D eigenvalue weighted by atomic mass is 10.0. The Morgan fingerprint density at radius 2 is 1.93 bits per heavy atom. The van der Waals surface area contributed by atoms with Crippen molar-refractivity contribution in [2.75, 3.05) is 19.6 Å². The number of benzene rings is 2. The maximum Gasteiger partial charge on any atom is 0.234 e. The smallest absolute Gasteiger partial charge is 0.234 e. The van der Waals surface area contributed by atoms with Gasteiger partial charge in [-0.1, -0.05) is 36.4 Å². The van der Waals surface area contributed by atoms with Crippen LogP contribution in [0.15, 0.2) is 73.1 Å². The number of nitrogens with one attached hydrogen (secondary N) is 1. The van der Waals surface area contributed by atoms with Gasteiger partial charge in [0.25, 0.3) is 0 Å². The summed E-state index contributed by atoms with van der Waals surface area (Å²) >= 11 is 0. The Kier molecular flexibility index (Phi) is 6.05. The van der Waals surface area contributed by atoms with Crippen molar-refractivity contribution in [3.05, 3.63) is 90.0 Å². The Balaban J connectivity index is 1.32. The number of nitrogens with zero attached hydrogens (tertiary/aromatic N) is 3. The average Bonchev–Trinajstić information content (AvgIpc) is 3.25. The zero-order valence-corrected chi connectivity index (χ0v) is 17.0. The highest BCUT2D eigenvalue weighted by molar-refractivity contribution is 5.78. The Morgan fingerprint density at radius 1 is 1.17 bits per heavy atom. The maximum absolute atomic E-state index is 13.1. The van der Waals surface area contributed by atoms with E-state index in [9.17, 15) is 9.18 Å². The fourth-order valence-corrected chi connectivity index (χ4v) is 3.66. The molecule has 4 rings (SSSR count). The summed E-state index contributed by atoms with van der Waals surface area (Å²) in [6, 6.07) is 16.2. The number of halogens is 1. The second-order valence-electron chi connectivity index (χ2n) is 7.56. The molecule has 1 N–H and O–H groups in total. The topological polar surface area (TPSA) is 50.2 Å². The van der Waals surface area contributed by atoms with Crippen LogP contribution in [-0.4, -0.2) is 40.2 Å². The summed E-state index contributed by atoms with van der Waals surface area (Å²) in [6.45, 7) is 3.93. The number of hydrogen-bond donors (Lipinski definition) is 1. The van der Waals surface area contributed by atoms with Crippen LogP contribution in [0, 0.1) is 5.82 Å². The van der Waals surface area contributed by atoms with E-state index in [4.69, 9.17) is 0 Å². The van der Waals surface area contributed by atoms with Gasteiger partial charge in [0.15, 0.2) is 0 Å². The first-order valence-electron chi connectivity index (χ1n) is 10.1. The van der Waals surface area contributed by atoms with Gasteiger partial charge in [0.1, 0.15) is 5.82 Å². The van der Waals surface area contributed by atoms with Crippen LogP contribution in [0.2, 0.25) is 0 Å². The molecule has 2 heterocycles. The van der Waals surface area contributed by atoms with Gasteiger partial charge in [-0.15, -0.1) is 0 Å². The zero-order chi connectivity index (χ0) is 20.9. The van der Waals surface area contributed by atoms with Crippen LogP contribution in [0.4, 0.5) is 4.39 Å². The Labute approximate surface area is 175 Å². The average molecular weight is 404 g/mol. The molecule has 30 heavy (non-hydrogen) atoms. The number of carbonyl (C=O) groups is 1. The molecule has 154 valence electrons. The minimum atomic E-state index is -0.261. The van der Waals surface area contributed by atoms with Gasteiger partial charge in [0.05, 0.1) is 24.5 Å². The Bertz CT molecular complexity index is 1030. The third kappa shape index (κ3) is 4.83. The summed E-state index contributed by atoms with van der Waals surface area (Å²) in [7, 11) is 0. The van der Waals surface area contributed by atoms with E-state index in [0.717, 1.165) is 36.3 Å². The van der Waals surface area contributed by atoms with Crippen molar-refractivity contribution in [1.29, 1.82) is 0 Å². The van der Waals surface area contributed by atoms with Crippen molar-refractivity contribution < 1.29 is 9.18 Å². The monoisotopic (exact) mass is 404 g/mol. The molecule has 0 saturated carbocycles. The molecule has 2 aromatic carbocycles. The molecule has 1 aromatic heterocycles. The quantitative estimate of drug-likeness (QED) is 0.676. The minimum Gasteiger partial charge on any atom is -0.348 e. The van der Waals surface area contributed by atoms with Gasteiger partial charge in [-0.2, -0.15) is 5.10 Å². The zero-order valence-electron chi connectivity index (χ0n) is 17.0. The Hall–Kier alpha value is -3.25. The van der Waals surface area contributed by atoms with Crippen molar-refractivity contribution in [3.8, 4) is 5.69 Å². The first-order chi connectivity index (χ1) is 14.6. The highest BCUT2D eigenvalue weighted by Crippen LogP contribution is 2.23. The molecule has 5 nitrogen and oxygen atoms in total. The highest BCUT2D eigenvalue weighted by Gasteiger charge is 2.18. The van der Waals surface area contributed by atoms with E-state index in [1.54, 1.807) is 16.8 Å². The number of amides is 1. The molecule has 0 spiro atoms. The summed E-state index contributed by atoms with van der Waals surface area (Å²) in [6.07, 6.45) is 6.81. The largest absolute Gasteiger partial charge is 0.348 e. The summed E-state index contributed by atoms with van der Waals surface area (Å²) in [5.74, 6) is -0.226. The third-order valence-electron chi connectivity index (χ3n) is 5.38. The molecule has 0 fully saturated rings. The van der Waals surface area contributed by atoms with E-state index in [-0.39, 0.29) is 17.8 Å². The van der Waals surface area contributed by atoms with Crippen LogP contribution in [0.25, 0.3) is 11.3 Å². The van der Waals surface area contributed by atoms with Gasteiger partial charge in [0, 0.05) is 24.8 Å². The summed E-state index contributed by atoms with van der Waals surface area (Å²) in [5.41, 5.74) is 4.20. The van der Waals surface area contributed by atoms with E-state index in [2.05, 4.69) is 21.4 Å². The molecule has 1 aliphatic rings. The lowest BCUT2D eigenvalue weighted by molar-refractivity contribution is -0.122. The van der Waals surface area contributed by atoms with Crippen molar-refractivity contribution in [3.63, 3.8) is 0 Å². The van der Waals surface area contributed by atoms with E-state index < -0.39 is 0 Å². The number of carbonyl (C=O) groups excluding carboxylic acids is 1. The number of rotatable bonds is 6. The van der Waals surface area contributed by atoms with Crippen LogP contribution < -0.4 is 5.32 Å². The van der Waals surface area contributed by atoms with Gasteiger partial charge >= 0.3 is 0 Å². The molecule has 0 saturated heterocycles. The number of aromatic nitrogens is 2. The van der Waals surface area contributed by atoms with Crippen molar-refractivity contribution in [2.45, 2.75) is 19.4 Å². The molecule has 0 radical (unpaired) electrons. The van der Waals surface area contributed by atoms with Crippen molar-refractivity contribution >= 4 is 11.5 Å². The minimum absolute atomic E-state index is 0.00751. The van der Waals surface area contributed by atoms with Crippen LogP contribution >= 0.6 is 0 Å². The van der Waals surface area contributed by atoms with E-state index in [0.29, 0.717) is 6.54 Å². The lowest BCUT2D eigenvalue weighted by Gasteiger charge is -2.26. The second kappa shape index (κ2) is 9.05. The molecule has 3 aromatic rings. The first-order valence-corrected chi connectivity index (χ1v) is 10.1. The van der Waals surface area contributed by atoms with Crippen LogP contribution in [0.1, 0.15) is 30.5 Å². The second-order valence-corrected chi connectivity index (χ2v) is 7.56. The fourth-order valence-electron chi connectivity index (χ4n) is 3.66. The standard InChI is InChI=1S/C24H25FN4O/c1-18(19-5-3-2-4-6-19)27-24(30)17-28-13-11-20(12-14-28)21-15-26-29(16-21)23-9-7-22(25)8-10-23/h2-11,15-16,18H,12-14,17H2,1H3,(H,27,30)/t18-/m0/s1. The summed E-state index contributed by atoms with van der Waals surface area (Å²) in [4.78, 5) is 14.6. The van der Waals surface area contributed by atoms with E-state index >= 15 is 0 Å². The molecular formula is C24H25FN4O. The SMILES string of the molecule is C[C@H](NC(=O)CN1CC=C(c2cnn(-c3ccc(F)cc3)c2)CC1)c1ccccc1. The van der Waals surface area contributed by atoms with Crippen molar-refractivity contribution in [2.24, 2.45) is 0 Å². The number of hydrogen-bond acceptors (Lipinski definition) is 3. The van der Waals surface area contributed by atoms with Gasteiger partial charge in [-0.25, -0.2) is 9.07 Å². The predicted molar refractivity (Wildman–Crippen MR) is 116 cm³/mol. The van der Waals surface area contributed by atoms with E-state index in [1.807, 2.05) is 49.6 Å². The van der Waals surface area contributed by atoms with Gasteiger partial charge in [-0.3, -0.25) is 9.69 Å². The highest BCUT2D eigenvalue weighted by atomic mass is 19.1. The lowest BCUT2D eigenvalue weighted by Crippen LogP contribution is -2.40. The molecule has 0 bridgehead atoms. The summed E-state index contributed by atoms with van der Waals surface area (Å²) < 4.78 is 14.9. The summed E-state index contributed by atoms with van der Waals surface area (Å²) in [5, 5.41) is 7.47. The molecule has 0 aliphatic carbocycles. The van der Waals surface area contributed by atoms with Crippen LogP contribution in [0.5, 0.6) is 0 Å². The normalized spacial score (nSPS) is 15.5. The maximum atomic E-state index is 13.1. The fraction of sp³-hybridized carbons (Fsp3) is 0.250. The van der Waals surface area contributed by atoms with Crippen LogP contribution in [-0.2, 0) is 4.79 Å².